The molecule has 3 heterocycles. The third-order valence-corrected chi connectivity index (χ3v) is 9.96. The van der Waals surface area contributed by atoms with Crippen molar-refractivity contribution in [2.24, 2.45) is 17.3 Å². The number of carbonyl (C=O) groups excluding carboxylic acids is 1. The van der Waals surface area contributed by atoms with Crippen LogP contribution in [0.3, 0.4) is 0 Å². The smallest absolute Gasteiger partial charge is 0.162 e. The van der Waals surface area contributed by atoms with Gasteiger partial charge in [-0.3, -0.25) is 9.78 Å². The summed E-state index contributed by atoms with van der Waals surface area (Å²) in [6.45, 7) is 21.8. The first kappa shape index (κ1) is 38.7. The van der Waals surface area contributed by atoms with Gasteiger partial charge in [-0.15, -0.1) is 40.5 Å². The third-order valence-electron chi connectivity index (χ3n) is 8.93. The van der Waals surface area contributed by atoms with Crippen LogP contribution in [0, 0.1) is 23.3 Å². The van der Waals surface area contributed by atoms with Crippen LogP contribution < -0.4 is 0 Å². The number of hydrogen-bond donors (Lipinski definition) is 1. The fourth-order valence-corrected chi connectivity index (χ4v) is 7.34. The van der Waals surface area contributed by atoms with Crippen LogP contribution in [0.2, 0.25) is 0 Å². The van der Waals surface area contributed by atoms with Crippen LogP contribution in [0.4, 0.5) is 0 Å². The van der Waals surface area contributed by atoms with Crippen molar-refractivity contribution in [2.75, 3.05) is 0 Å². The van der Waals surface area contributed by atoms with Crippen molar-refractivity contribution < 1.29 is 30.0 Å². The Morgan fingerprint density at radius 1 is 0.936 bits per heavy atom. The number of allylic oxidation sites excluding steroid dienone is 2. The SMILES string of the molecule is CC(C)(C)Cc1csc2c1ccc1cnc(-c3[c-]c4ccccc4c(C(C)(C)C)c3)n12.CCC(CC)C(=O)/C=C(\O)C(CC)CC.[Ir]. The summed E-state index contributed by atoms with van der Waals surface area (Å²) < 4.78 is 2.32. The van der Waals surface area contributed by atoms with Gasteiger partial charge in [0.05, 0.1) is 17.1 Å². The molecule has 0 atom stereocenters. The molecule has 255 valence electrons. The van der Waals surface area contributed by atoms with E-state index in [-0.39, 0.29) is 54.3 Å². The van der Waals surface area contributed by atoms with Crippen molar-refractivity contribution in [1.29, 1.82) is 0 Å². The van der Waals surface area contributed by atoms with Crippen LogP contribution in [0.1, 0.15) is 106 Å². The van der Waals surface area contributed by atoms with E-state index in [0.717, 1.165) is 54.4 Å². The summed E-state index contributed by atoms with van der Waals surface area (Å²) in [5.74, 6) is 1.52. The molecule has 5 rings (SSSR count). The molecule has 2 aromatic carbocycles. The largest absolute Gasteiger partial charge is 0.512 e. The number of fused-ring (bicyclic) bond motifs is 4. The minimum atomic E-state index is 0. The van der Waals surface area contributed by atoms with E-state index >= 15 is 0 Å². The van der Waals surface area contributed by atoms with E-state index in [1.54, 1.807) is 0 Å². The van der Waals surface area contributed by atoms with Gasteiger partial charge in [-0.2, -0.15) is 0 Å². The molecule has 0 fully saturated rings. The Balaban J connectivity index is 0.000000322. The first-order valence-corrected chi connectivity index (χ1v) is 17.9. The molecular weight excluding hydrogens is 777 g/mol. The molecule has 1 N–H and O–H groups in total. The van der Waals surface area contributed by atoms with E-state index in [2.05, 4.69) is 99.9 Å². The number of aromatic nitrogens is 2. The number of hydrogen-bond acceptors (Lipinski definition) is 4. The van der Waals surface area contributed by atoms with Gasteiger partial charge in [0.2, 0.25) is 0 Å². The quantitative estimate of drug-likeness (QED) is 0.0915. The standard InChI is InChI=1S/C28H29N2S.C13H24O2.Ir/c1-27(2,3)15-20-17-31-26-23(20)12-11-21-16-29-25(30(21)26)19-13-18-9-7-8-10-22(18)24(14-19)28(4,5)6;1-5-10(6-2)12(14)9-13(15)11(7-3)8-4;/h7-12,14,16-17H,15H2,1-6H3;9-11,14H,5-8H2,1-4H3;/q-1;;/b;12-9-;. The number of aliphatic hydroxyl groups excluding tert-OH is 1. The number of aliphatic hydroxyl groups is 1. The summed E-state index contributed by atoms with van der Waals surface area (Å²) in [5, 5.41) is 15.8. The molecular formula is C41H53IrN2O2S-. The normalized spacial score (nSPS) is 12.6. The fraction of sp³-hybridized carbons (Fsp3) is 0.463. The van der Waals surface area contributed by atoms with E-state index in [4.69, 9.17) is 4.98 Å². The molecule has 47 heavy (non-hydrogen) atoms. The maximum absolute atomic E-state index is 11.7. The molecule has 0 aliphatic carbocycles. The van der Waals surface area contributed by atoms with Crippen LogP contribution in [0.15, 0.2) is 65.9 Å². The Hall–Kier alpha value is -2.79. The van der Waals surface area contributed by atoms with Crippen LogP contribution in [-0.4, -0.2) is 20.3 Å². The van der Waals surface area contributed by atoms with Gasteiger partial charge in [0.25, 0.3) is 0 Å². The van der Waals surface area contributed by atoms with E-state index < -0.39 is 0 Å². The molecule has 0 amide bonds. The first-order chi connectivity index (χ1) is 21.7. The van der Waals surface area contributed by atoms with Crippen LogP contribution in [0.25, 0.3) is 37.9 Å². The van der Waals surface area contributed by atoms with E-state index in [9.17, 15) is 9.90 Å². The molecule has 6 heteroatoms. The van der Waals surface area contributed by atoms with E-state index in [0.29, 0.717) is 0 Å². The summed E-state index contributed by atoms with van der Waals surface area (Å²) >= 11 is 1.82. The summed E-state index contributed by atoms with van der Waals surface area (Å²) in [6.07, 6.45) is 7.96. The predicted octanol–water partition coefficient (Wildman–Crippen LogP) is 11.9. The molecule has 1 radical (unpaired) electrons. The Kier molecular flexibility index (Phi) is 13.2. The minimum absolute atomic E-state index is 0. The predicted molar refractivity (Wildman–Crippen MR) is 198 cm³/mol. The molecule has 0 aliphatic rings. The zero-order chi connectivity index (χ0) is 33.8. The van der Waals surface area contributed by atoms with Gasteiger partial charge in [0, 0.05) is 49.6 Å². The fourth-order valence-electron chi connectivity index (χ4n) is 6.26. The molecule has 0 aliphatic heterocycles. The van der Waals surface area contributed by atoms with Crippen molar-refractivity contribution in [3.05, 3.63) is 83.1 Å². The molecule has 0 unspecified atom stereocenters. The summed E-state index contributed by atoms with van der Waals surface area (Å²) in [7, 11) is 0. The average molecular weight is 830 g/mol. The van der Waals surface area contributed by atoms with Crippen LogP contribution in [0.5, 0.6) is 0 Å². The Morgan fingerprint density at radius 2 is 1.57 bits per heavy atom. The average Bonchev–Trinajstić information content (AvgIpc) is 3.61. The number of carbonyl (C=O) groups is 1. The Morgan fingerprint density at radius 3 is 2.17 bits per heavy atom. The number of thiophene rings is 1. The maximum atomic E-state index is 11.7. The van der Waals surface area contributed by atoms with E-state index in [1.807, 2.05) is 45.2 Å². The number of imidazole rings is 1. The monoisotopic (exact) mass is 830 g/mol. The molecule has 3 aromatic heterocycles. The second-order valence-corrected chi connectivity index (χ2v) is 15.6. The van der Waals surface area contributed by atoms with Crippen molar-refractivity contribution >= 4 is 43.6 Å². The topological polar surface area (TPSA) is 54.6 Å². The Labute approximate surface area is 300 Å². The zero-order valence-corrected chi connectivity index (χ0v) is 33.2. The third kappa shape index (κ3) is 9.02. The van der Waals surface area contributed by atoms with Crippen molar-refractivity contribution in [3.63, 3.8) is 0 Å². The number of pyridine rings is 1. The zero-order valence-electron chi connectivity index (χ0n) is 30.0. The molecule has 0 saturated carbocycles. The number of nitrogens with zero attached hydrogens (tertiary/aromatic N) is 2. The van der Waals surface area contributed by atoms with Crippen molar-refractivity contribution in [2.45, 2.75) is 107 Å². The number of ketones is 1. The van der Waals surface area contributed by atoms with Gasteiger partial charge in [-0.05, 0) is 66.0 Å². The van der Waals surface area contributed by atoms with Crippen LogP contribution >= 0.6 is 11.3 Å². The molecule has 0 spiro atoms. The number of rotatable bonds is 9. The van der Waals surface area contributed by atoms with Gasteiger partial charge < -0.3 is 9.51 Å². The molecule has 0 bridgehead atoms. The molecule has 5 aromatic rings. The number of benzene rings is 2. The first-order valence-electron chi connectivity index (χ1n) is 17.0. The van der Waals surface area contributed by atoms with Gasteiger partial charge in [0.15, 0.2) is 5.78 Å². The molecule has 0 saturated heterocycles. The second kappa shape index (κ2) is 16.1. The second-order valence-electron chi connectivity index (χ2n) is 14.8. The van der Waals surface area contributed by atoms with Gasteiger partial charge in [0.1, 0.15) is 4.83 Å². The maximum Gasteiger partial charge on any atom is 0.162 e. The van der Waals surface area contributed by atoms with E-state index in [1.165, 1.54) is 32.8 Å². The van der Waals surface area contributed by atoms with Gasteiger partial charge in [-0.1, -0.05) is 98.4 Å². The minimum Gasteiger partial charge on any atom is -0.512 e. The summed E-state index contributed by atoms with van der Waals surface area (Å²) in [6, 6.07) is 19.0. The van der Waals surface area contributed by atoms with Gasteiger partial charge in [-0.25, -0.2) is 0 Å². The molecule has 4 nitrogen and oxygen atoms in total. The van der Waals surface area contributed by atoms with Crippen molar-refractivity contribution in [1.82, 2.24) is 9.38 Å². The Bertz CT molecular complexity index is 1830. The summed E-state index contributed by atoms with van der Waals surface area (Å²) in [4.78, 5) is 17.9. The van der Waals surface area contributed by atoms with Crippen molar-refractivity contribution in [3.8, 4) is 11.4 Å². The van der Waals surface area contributed by atoms with Gasteiger partial charge >= 0.3 is 0 Å². The summed E-state index contributed by atoms with van der Waals surface area (Å²) in [5.41, 5.74) is 5.24. The van der Waals surface area contributed by atoms with Crippen LogP contribution in [-0.2, 0) is 36.7 Å².